The monoisotopic (exact) mass is 282 g/mol. The minimum atomic E-state index is -1.51. The molecule has 20 heavy (non-hydrogen) atoms. The average Bonchev–Trinajstić information content (AvgIpc) is 2.35. The number of nitrogens with zero attached hydrogens (tertiary/aromatic N) is 2. The van der Waals surface area contributed by atoms with Crippen LogP contribution in [0.2, 0.25) is 0 Å². The molecule has 0 bridgehead atoms. The van der Waals surface area contributed by atoms with Crippen molar-refractivity contribution in [3.63, 3.8) is 0 Å². The van der Waals surface area contributed by atoms with Crippen LogP contribution in [0.3, 0.4) is 0 Å². The number of rotatable bonds is 4. The second-order valence-electron chi connectivity index (χ2n) is 4.22. The number of aryl methyl sites for hydroxylation is 1. The highest BCUT2D eigenvalue weighted by Gasteiger charge is 2.11. The summed E-state index contributed by atoms with van der Waals surface area (Å²) in [5.74, 6) is -2.99. The molecule has 0 spiro atoms. The number of nitrogens with one attached hydrogen (secondary N) is 1. The van der Waals surface area contributed by atoms with Gasteiger partial charge in [0.05, 0.1) is 0 Å². The molecule has 0 aliphatic heterocycles. The normalized spacial score (nSPS) is 10.6. The Balaban J connectivity index is 2.30. The third-order valence-electron chi connectivity index (χ3n) is 2.52. The number of aromatic nitrogens is 2. The van der Waals surface area contributed by atoms with Crippen LogP contribution in [-0.2, 0) is 6.42 Å². The number of nitrogen functional groups attached to an aromatic ring is 1. The molecule has 0 saturated carbocycles. The first kappa shape index (κ1) is 14.1. The highest BCUT2D eigenvalue weighted by Crippen LogP contribution is 2.21. The molecular weight excluding hydrogens is 269 g/mol. The summed E-state index contributed by atoms with van der Waals surface area (Å²) in [5, 5.41) is 2.67. The molecule has 0 atom stereocenters. The van der Waals surface area contributed by atoms with Crippen molar-refractivity contribution in [2.24, 2.45) is 0 Å². The summed E-state index contributed by atoms with van der Waals surface area (Å²) < 4.78 is 39.1. The summed E-state index contributed by atoms with van der Waals surface area (Å²) in [6.45, 7) is 1.96. The third kappa shape index (κ3) is 3.17. The Morgan fingerprint density at radius 2 is 1.75 bits per heavy atom. The Morgan fingerprint density at radius 3 is 2.35 bits per heavy atom. The molecule has 0 saturated heterocycles. The first-order chi connectivity index (χ1) is 9.49. The van der Waals surface area contributed by atoms with Gasteiger partial charge in [0, 0.05) is 30.3 Å². The van der Waals surface area contributed by atoms with Gasteiger partial charge in [0.25, 0.3) is 0 Å². The van der Waals surface area contributed by atoms with Crippen LogP contribution in [0, 0.1) is 17.5 Å². The molecule has 1 aromatic heterocycles. The van der Waals surface area contributed by atoms with Gasteiger partial charge in [-0.05, 0) is 6.42 Å². The van der Waals surface area contributed by atoms with Gasteiger partial charge in [-0.2, -0.15) is 0 Å². The van der Waals surface area contributed by atoms with Crippen molar-refractivity contribution in [2.45, 2.75) is 19.8 Å². The molecule has 1 heterocycles. The fraction of sp³-hybridized carbons (Fsp3) is 0.231. The van der Waals surface area contributed by atoms with E-state index in [2.05, 4.69) is 15.3 Å². The maximum Gasteiger partial charge on any atom is 0.194 e. The van der Waals surface area contributed by atoms with Crippen molar-refractivity contribution in [1.82, 2.24) is 9.97 Å². The van der Waals surface area contributed by atoms with Gasteiger partial charge in [0.2, 0.25) is 0 Å². The predicted octanol–water partition coefficient (Wildman–Crippen LogP) is 3.17. The third-order valence-corrected chi connectivity index (χ3v) is 2.52. The van der Waals surface area contributed by atoms with Crippen LogP contribution in [0.4, 0.5) is 30.5 Å². The van der Waals surface area contributed by atoms with E-state index >= 15 is 0 Å². The smallest absolute Gasteiger partial charge is 0.194 e. The van der Waals surface area contributed by atoms with Gasteiger partial charge in [0.1, 0.15) is 17.5 Å². The molecule has 0 unspecified atom stereocenters. The summed E-state index contributed by atoms with van der Waals surface area (Å²) in [4.78, 5) is 8.19. The number of halogens is 3. The molecule has 3 N–H and O–H groups in total. The minimum Gasteiger partial charge on any atom is -0.384 e. The van der Waals surface area contributed by atoms with Gasteiger partial charge in [0.15, 0.2) is 17.5 Å². The second kappa shape index (κ2) is 5.77. The van der Waals surface area contributed by atoms with Crippen LogP contribution < -0.4 is 11.1 Å². The van der Waals surface area contributed by atoms with Crippen molar-refractivity contribution in [2.75, 3.05) is 11.1 Å². The molecule has 0 aliphatic rings. The molecule has 2 aromatic rings. The standard InChI is InChI=1S/C13H13F3N4/c1-2-3-11-19-10(17)6-12(20-11)18-7-4-8(14)13(16)9(15)5-7/h4-6H,2-3H2,1H3,(H3,17,18,19,20). The fourth-order valence-electron chi connectivity index (χ4n) is 1.69. The van der Waals surface area contributed by atoms with E-state index in [-0.39, 0.29) is 11.5 Å². The van der Waals surface area contributed by atoms with E-state index in [0.29, 0.717) is 18.1 Å². The highest BCUT2D eigenvalue weighted by molar-refractivity contribution is 5.58. The van der Waals surface area contributed by atoms with E-state index in [9.17, 15) is 13.2 Å². The number of anilines is 3. The Hall–Kier alpha value is -2.31. The van der Waals surface area contributed by atoms with Crippen molar-refractivity contribution in [3.8, 4) is 0 Å². The summed E-state index contributed by atoms with van der Waals surface area (Å²) >= 11 is 0. The van der Waals surface area contributed by atoms with Crippen molar-refractivity contribution in [3.05, 3.63) is 41.5 Å². The van der Waals surface area contributed by atoms with Crippen molar-refractivity contribution < 1.29 is 13.2 Å². The van der Waals surface area contributed by atoms with E-state index in [1.54, 1.807) is 0 Å². The lowest BCUT2D eigenvalue weighted by Gasteiger charge is -2.09. The second-order valence-corrected chi connectivity index (χ2v) is 4.22. The van der Waals surface area contributed by atoms with Crippen LogP contribution in [0.1, 0.15) is 19.2 Å². The highest BCUT2D eigenvalue weighted by atomic mass is 19.2. The lowest BCUT2D eigenvalue weighted by Crippen LogP contribution is -2.04. The Labute approximate surface area is 113 Å². The van der Waals surface area contributed by atoms with Gasteiger partial charge < -0.3 is 11.1 Å². The SMILES string of the molecule is CCCc1nc(N)cc(Nc2cc(F)c(F)c(F)c2)n1. The minimum absolute atomic E-state index is 0.0435. The molecular formula is C13H13F3N4. The zero-order valence-electron chi connectivity index (χ0n) is 10.8. The van der Waals surface area contributed by atoms with Gasteiger partial charge in [-0.3, -0.25) is 0 Å². The zero-order chi connectivity index (χ0) is 14.7. The average molecular weight is 282 g/mol. The lowest BCUT2D eigenvalue weighted by atomic mass is 10.2. The molecule has 1 aromatic carbocycles. The molecule has 0 fully saturated rings. The molecule has 7 heteroatoms. The van der Waals surface area contributed by atoms with Gasteiger partial charge >= 0.3 is 0 Å². The quantitative estimate of drug-likeness (QED) is 0.845. The topological polar surface area (TPSA) is 63.8 Å². The summed E-state index contributed by atoms with van der Waals surface area (Å²) in [7, 11) is 0. The van der Waals surface area contributed by atoms with Gasteiger partial charge in [-0.1, -0.05) is 6.92 Å². The Morgan fingerprint density at radius 1 is 1.10 bits per heavy atom. The van der Waals surface area contributed by atoms with Crippen LogP contribution >= 0.6 is 0 Å². The number of benzene rings is 1. The first-order valence-electron chi connectivity index (χ1n) is 6.04. The largest absolute Gasteiger partial charge is 0.384 e. The summed E-state index contributed by atoms with van der Waals surface area (Å²) in [5.41, 5.74) is 5.67. The van der Waals surface area contributed by atoms with Crippen LogP contribution in [-0.4, -0.2) is 9.97 Å². The van der Waals surface area contributed by atoms with Gasteiger partial charge in [-0.15, -0.1) is 0 Å². The zero-order valence-corrected chi connectivity index (χ0v) is 10.8. The van der Waals surface area contributed by atoms with E-state index in [4.69, 9.17) is 5.73 Å². The molecule has 2 rings (SSSR count). The fourth-order valence-corrected chi connectivity index (χ4v) is 1.69. The molecule has 0 radical (unpaired) electrons. The van der Waals surface area contributed by atoms with E-state index in [1.165, 1.54) is 6.07 Å². The molecule has 4 nitrogen and oxygen atoms in total. The predicted molar refractivity (Wildman–Crippen MR) is 70.0 cm³/mol. The molecule has 0 aliphatic carbocycles. The maximum atomic E-state index is 13.1. The Bertz CT molecular complexity index is 608. The summed E-state index contributed by atoms with van der Waals surface area (Å²) in [6.07, 6.45) is 1.47. The van der Waals surface area contributed by atoms with Crippen molar-refractivity contribution >= 4 is 17.3 Å². The molecule has 0 amide bonds. The van der Waals surface area contributed by atoms with Gasteiger partial charge in [-0.25, -0.2) is 23.1 Å². The first-order valence-corrected chi connectivity index (χ1v) is 6.04. The Kier molecular flexibility index (Phi) is 4.07. The number of nitrogens with two attached hydrogens (primary N) is 1. The van der Waals surface area contributed by atoms with Crippen LogP contribution in [0.5, 0.6) is 0 Å². The van der Waals surface area contributed by atoms with E-state index in [1.807, 2.05) is 6.92 Å². The summed E-state index contributed by atoms with van der Waals surface area (Å²) in [6, 6.07) is 3.12. The van der Waals surface area contributed by atoms with Crippen LogP contribution in [0.25, 0.3) is 0 Å². The lowest BCUT2D eigenvalue weighted by molar-refractivity contribution is 0.448. The molecule has 106 valence electrons. The number of hydrogen-bond acceptors (Lipinski definition) is 4. The maximum absolute atomic E-state index is 13.1. The van der Waals surface area contributed by atoms with E-state index < -0.39 is 17.5 Å². The van der Waals surface area contributed by atoms with Crippen molar-refractivity contribution in [1.29, 1.82) is 0 Å². The van der Waals surface area contributed by atoms with E-state index in [0.717, 1.165) is 18.6 Å². The van der Waals surface area contributed by atoms with Crippen LogP contribution in [0.15, 0.2) is 18.2 Å². The number of hydrogen-bond donors (Lipinski definition) is 2.